The zero-order valence-electron chi connectivity index (χ0n) is 11.7. The quantitative estimate of drug-likeness (QED) is 0.775. The molecule has 0 aromatic heterocycles. The van der Waals surface area contributed by atoms with Crippen LogP contribution in [0.25, 0.3) is 0 Å². The molecule has 0 fully saturated rings. The molecule has 6 nitrogen and oxygen atoms in total. The van der Waals surface area contributed by atoms with E-state index in [2.05, 4.69) is 5.32 Å². The smallest absolute Gasteiger partial charge is 0.334 e. The van der Waals surface area contributed by atoms with E-state index in [1.54, 1.807) is 38.3 Å². The number of dihydropyridines is 1. The van der Waals surface area contributed by atoms with E-state index in [0.717, 1.165) is 0 Å². The maximum absolute atomic E-state index is 11.5. The van der Waals surface area contributed by atoms with Gasteiger partial charge in [-0.25, -0.2) is 4.79 Å². The van der Waals surface area contributed by atoms with Crippen molar-refractivity contribution >= 4 is 5.97 Å². The summed E-state index contributed by atoms with van der Waals surface area (Å²) in [6.07, 6.45) is 0. The lowest BCUT2D eigenvalue weighted by atomic mass is 9.82. The van der Waals surface area contributed by atoms with Gasteiger partial charge in [-0.2, -0.15) is 5.26 Å². The number of carbonyl (C=O) groups is 1. The van der Waals surface area contributed by atoms with Gasteiger partial charge in [0.2, 0.25) is 0 Å². The average Bonchev–Trinajstić information content (AvgIpc) is 2.46. The third-order valence-electron chi connectivity index (χ3n) is 3.39. The van der Waals surface area contributed by atoms with E-state index in [1.807, 2.05) is 6.07 Å². The van der Waals surface area contributed by atoms with Gasteiger partial charge in [0.05, 0.1) is 30.2 Å². The number of aliphatic carboxylic acids is 1. The third-order valence-corrected chi connectivity index (χ3v) is 3.39. The van der Waals surface area contributed by atoms with Crippen molar-refractivity contribution in [3.05, 3.63) is 52.5 Å². The Balaban J connectivity index is 2.59. The first-order valence-electron chi connectivity index (χ1n) is 6.24. The molecule has 0 saturated carbocycles. The minimum atomic E-state index is -1.08. The van der Waals surface area contributed by atoms with Gasteiger partial charge in [0.15, 0.2) is 0 Å². The number of rotatable bonds is 3. The van der Waals surface area contributed by atoms with Crippen LogP contribution in [0, 0.1) is 11.3 Å². The van der Waals surface area contributed by atoms with Crippen LogP contribution in [-0.2, 0) is 4.79 Å². The molecule has 0 aliphatic carbocycles. The second kappa shape index (κ2) is 5.59. The number of allylic oxidation sites excluding steroid dienone is 2. The molecule has 0 amide bonds. The molecule has 0 bridgehead atoms. The number of nitriles is 1. The Labute approximate surface area is 122 Å². The van der Waals surface area contributed by atoms with Gasteiger partial charge in [-0.05, 0) is 24.6 Å². The molecule has 1 aromatic carbocycles. The molecule has 6 heteroatoms. The van der Waals surface area contributed by atoms with Gasteiger partial charge in [0.1, 0.15) is 11.6 Å². The fraction of sp³-hybridized carbons (Fsp3) is 0.200. The van der Waals surface area contributed by atoms with Crippen LogP contribution in [0.3, 0.4) is 0 Å². The van der Waals surface area contributed by atoms with E-state index in [-0.39, 0.29) is 17.0 Å². The highest BCUT2D eigenvalue weighted by atomic mass is 16.5. The molecule has 1 heterocycles. The van der Waals surface area contributed by atoms with Crippen LogP contribution in [-0.4, -0.2) is 18.2 Å². The molecule has 1 atom stereocenters. The number of benzene rings is 1. The van der Waals surface area contributed by atoms with Crippen molar-refractivity contribution in [3.8, 4) is 11.8 Å². The first-order chi connectivity index (χ1) is 9.99. The third kappa shape index (κ3) is 2.54. The molecular weight excluding hydrogens is 270 g/mol. The number of hydrogen-bond acceptors (Lipinski definition) is 5. The molecule has 108 valence electrons. The van der Waals surface area contributed by atoms with E-state index in [4.69, 9.17) is 10.5 Å². The molecule has 1 aromatic rings. The molecule has 0 radical (unpaired) electrons. The average molecular weight is 285 g/mol. The highest BCUT2D eigenvalue weighted by Gasteiger charge is 2.33. The summed E-state index contributed by atoms with van der Waals surface area (Å²) < 4.78 is 5.08. The minimum absolute atomic E-state index is 0.117. The Bertz CT molecular complexity index is 681. The molecule has 4 N–H and O–H groups in total. The highest BCUT2D eigenvalue weighted by Crippen LogP contribution is 2.37. The number of methoxy groups -OCH3 is 1. The number of nitrogens with one attached hydrogen (secondary N) is 1. The zero-order chi connectivity index (χ0) is 15.6. The Hall–Kier alpha value is -2.94. The lowest BCUT2D eigenvalue weighted by Crippen LogP contribution is -2.32. The van der Waals surface area contributed by atoms with E-state index < -0.39 is 11.9 Å². The molecule has 2 rings (SSSR count). The predicted octanol–water partition coefficient (Wildman–Crippen LogP) is 1.43. The van der Waals surface area contributed by atoms with Gasteiger partial charge in [-0.15, -0.1) is 0 Å². The van der Waals surface area contributed by atoms with Gasteiger partial charge in [0.25, 0.3) is 0 Å². The van der Waals surface area contributed by atoms with Crippen molar-refractivity contribution in [3.63, 3.8) is 0 Å². The number of carboxylic acid groups (broad SMARTS) is 1. The van der Waals surface area contributed by atoms with Crippen molar-refractivity contribution in [2.24, 2.45) is 5.73 Å². The summed E-state index contributed by atoms with van der Waals surface area (Å²) in [5.74, 6) is -0.942. The van der Waals surface area contributed by atoms with Gasteiger partial charge in [0, 0.05) is 5.70 Å². The van der Waals surface area contributed by atoms with Gasteiger partial charge in [-0.1, -0.05) is 12.1 Å². The van der Waals surface area contributed by atoms with Gasteiger partial charge < -0.3 is 20.9 Å². The molecule has 0 spiro atoms. The standard InChI is InChI=1S/C15H15N3O3/c1-8-12(15(19)20)13(11(7-16)14(17)18-8)9-3-5-10(21-2)6-4-9/h3-6,13,18H,17H2,1-2H3,(H,19,20). The fourth-order valence-electron chi connectivity index (χ4n) is 2.39. The summed E-state index contributed by atoms with van der Waals surface area (Å²) in [6, 6.07) is 8.90. The van der Waals surface area contributed by atoms with Crippen molar-refractivity contribution in [2.75, 3.05) is 7.11 Å². The summed E-state index contributed by atoms with van der Waals surface area (Å²) in [6.45, 7) is 1.63. The Kier molecular flexibility index (Phi) is 3.85. The number of carboxylic acids is 1. The highest BCUT2D eigenvalue weighted by molar-refractivity contribution is 5.91. The SMILES string of the molecule is COc1ccc(C2C(C#N)=C(N)NC(C)=C2C(=O)O)cc1. The topological polar surface area (TPSA) is 108 Å². The summed E-state index contributed by atoms with van der Waals surface area (Å²) in [5, 5.41) is 21.5. The zero-order valence-corrected chi connectivity index (χ0v) is 11.7. The predicted molar refractivity (Wildman–Crippen MR) is 76.0 cm³/mol. The summed E-state index contributed by atoms with van der Waals surface area (Å²) in [5.41, 5.74) is 7.24. The number of ether oxygens (including phenoxy) is 1. The summed E-state index contributed by atoms with van der Waals surface area (Å²) >= 11 is 0. The largest absolute Gasteiger partial charge is 0.497 e. The van der Waals surface area contributed by atoms with Crippen LogP contribution < -0.4 is 15.8 Å². The van der Waals surface area contributed by atoms with Crippen LogP contribution in [0.4, 0.5) is 0 Å². The number of nitrogens with zero attached hydrogens (tertiary/aromatic N) is 1. The van der Waals surface area contributed by atoms with Crippen LogP contribution >= 0.6 is 0 Å². The second-order valence-corrected chi connectivity index (χ2v) is 4.61. The van der Waals surface area contributed by atoms with Crippen molar-refractivity contribution < 1.29 is 14.6 Å². The summed E-state index contributed by atoms with van der Waals surface area (Å²) in [7, 11) is 1.55. The fourth-order valence-corrected chi connectivity index (χ4v) is 2.39. The lowest BCUT2D eigenvalue weighted by Gasteiger charge is -2.27. The van der Waals surface area contributed by atoms with Gasteiger partial charge in [-0.3, -0.25) is 0 Å². The second-order valence-electron chi connectivity index (χ2n) is 4.61. The van der Waals surface area contributed by atoms with Gasteiger partial charge >= 0.3 is 5.97 Å². The van der Waals surface area contributed by atoms with E-state index in [1.165, 1.54) is 0 Å². The van der Waals surface area contributed by atoms with E-state index in [9.17, 15) is 15.2 Å². The van der Waals surface area contributed by atoms with E-state index >= 15 is 0 Å². The number of hydrogen-bond donors (Lipinski definition) is 3. The van der Waals surface area contributed by atoms with Crippen molar-refractivity contribution in [1.29, 1.82) is 5.26 Å². The maximum atomic E-state index is 11.5. The Morgan fingerprint density at radius 3 is 2.52 bits per heavy atom. The minimum Gasteiger partial charge on any atom is -0.497 e. The first-order valence-corrected chi connectivity index (χ1v) is 6.24. The molecule has 1 unspecified atom stereocenters. The first kappa shape index (κ1) is 14.5. The van der Waals surface area contributed by atoms with Crippen molar-refractivity contribution in [2.45, 2.75) is 12.8 Å². The molecule has 0 saturated heterocycles. The lowest BCUT2D eigenvalue weighted by molar-refractivity contribution is -0.133. The van der Waals surface area contributed by atoms with Crippen LogP contribution in [0.5, 0.6) is 5.75 Å². The Morgan fingerprint density at radius 1 is 1.43 bits per heavy atom. The van der Waals surface area contributed by atoms with Crippen LogP contribution in [0.2, 0.25) is 0 Å². The molecular formula is C15H15N3O3. The van der Waals surface area contributed by atoms with Crippen LogP contribution in [0.1, 0.15) is 18.4 Å². The molecule has 1 aliphatic heterocycles. The maximum Gasteiger partial charge on any atom is 0.334 e. The van der Waals surface area contributed by atoms with E-state index in [0.29, 0.717) is 17.0 Å². The molecule has 21 heavy (non-hydrogen) atoms. The molecule has 1 aliphatic rings. The number of nitrogens with two attached hydrogens (primary N) is 1. The monoisotopic (exact) mass is 285 g/mol. The van der Waals surface area contributed by atoms with Crippen molar-refractivity contribution in [1.82, 2.24) is 5.32 Å². The normalized spacial score (nSPS) is 18.0. The Morgan fingerprint density at radius 2 is 2.05 bits per heavy atom. The summed E-state index contributed by atoms with van der Waals surface area (Å²) in [4.78, 5) is 11.5. The van der Waals surface area contributed by atoms with Crippen LogP contribution in [0.15, 0.2) is 46.9 Å².